The molecule has 0 aromatic rings. The van der Waals surface area contributed by atoms with Crippen molar-refractivity contribution in [3.05, 3.63) is 6.42 Å². The Labute approximate surface area is 151 Å². The van der Waals surface area contributed by atoms with Gasteiger partial charge in [-0.25, -0.2) is 12.7 Å². The average molecular weight is 372 g/mol. The van der Waals surface area contributed by atoms with Gasteiger partial charge < -0.3 is 11.1 Å². The summed E-state index contributed by atoms with van der Waals surface area (Å²) in [5.74, 6) is 0.169. The van der Waals surface area contributed by atoms with Crippen LogP contribution in [0, 0.1) is 12.3 Å². The van der Waals surface area contributed by atoms with E-state index >= 15 is 0 Å². The number of fused-ring (bicyclic) bond motifs is 2. The van der Waals surface area contributed by atoms with Crippen LogP contribution >= 0.6 is 0 Å². The maximum atomic E-state index is 12.0. The molecule has 3 saturated heterocycles. The molecule has 3 N–H and O–H groups in total. The first-order valence-electron chi connectivity index (χ1n) is 9.37. The standard InChI is InChI=1S/C17H31N4O3S/c1-25(23,24)20-10-3-4-14(13-20)12-19-9-11-21-15-5-2-7-17(21,8-6-15)16(18)22/h2,14-15,19H,3-13H2,1H3,(H2,18,22)/t14?,15-,17+/m1/s1. The number of hydrogen-bond donors (Lipinski definition) is 2. The zero-order valence-electron chi connectivity index (χ0n) is 15.1. The number of nitrogens with zero attached hydrogens (tertiary/aromatic N) is 2. The number of sulfonamides is 1. The van der Waals surface area contributed by atoms with E-state index in [1.165, 1.54) is 6.26 Å². The lowest BCUT2D eigenvalue weighted by Crippen LogP contribution is -2.59. The number of rotatable bonds is 7. The van der Waals surface area contributed by atoms with Gasteiger partial charge >= 0.3 is 0 Å². The molecule has 3 fully saturated rings. The summed E-state index contributed by atoms with van der Waals surface area (Å²) in [4.78, 5) is 14.3. The lowest BCUT2D eigenvalue weighted by atomic mass is 9.87. The highest BCUT2D eigenvalue weighted by Gasteiger charge is 2.52. The van der Waals surface area contributed by atoms with Crippen LogP contribution in [0.2, 0.25) is 0 Å². The van der Waals surface area contributed by atoms with Crippen molar-refractivity contribution in [1.82, 2.24) is 14.5 Å². The van der Waals surface area contributed by atoms with E-state index < -0.39 is 15.6 Å². The van der Waals surface area contributed by atoms with E-state index in [2.05, 4.69) is 16.6 Å². The Morgan fingerprint density at radius 1 is 1.40 bits per heavy atom. The van der Waals surface area contributed by atoms with Gasteiger partial charge in [0.25, 0.3) is 0 Å². The molecule has 7 nitrogen and oxygen atoms in total. The first kappa shape index (κ1) is 19.1. The number of hydrogen-bond acceptors (Lipinski definition) is 5. The van der Waals surface area contributed by atoms with Gasteiger partial charge in [-0.05, 0) is 57.4 Å². The molecular weight excluding hydrogens is 340 g/mol. The Kier molecular flexibility index (Phi) is 5.72. The molecule has 0 aromatic heterocycles. The second-order valence-electron chi connectivity index (χ2n) is 7.84. The summed E-state index contributed by atoms with van der Waals surface area (Å²) >= 11 is 0. The molecule has 0 spiro atoms. The topological polar surface area (TPSA) is 95.7 Å². The second-order valence-corrected chi connectivity index (χ2v) is 9.83. The Balaban J connectivity index is 1.46. The molecule has 1 unspecified atom stereocenters. The van der Waals surface area contributed by atoms with Crippen molar-refractivity contribution in [2.24, 2.45) is 11.7 Å². The largest absolute Gasteiger partial charge is 0.368 e. The van der Waals surface area contributed by atoms with Crippen LogP contribution in [0.4, 0.5) is 0 Å². The number of nitrogens with one attached hydrogen (secondary N) is 1. The maximum absolute atomic E-state index is 12.0. The summed E-state index contributed by atoms with van der Waals surface area (Å²) < 4.78 is 25.0. The molecule has 0 aromatic carbocycles. The third-order valence-corrected chi connectivity index (χ3v) is 7.44. The third-order valence-electron chi connectivity index (χ3n) is 6.17. The average Bonchev–Trinajstić information content (AvgIpc) is 2.76. The predicted octanol–water partition coefficient (Wildman–Crippen LogP) is -0.0658. The fourth-order valence-electron chi connectivity index (χ4n) is 4.80. The van der Waals surface area contributed by atoms with Gasteiger partial charge in [0, 0.05) is 32.2 Å². The number of carbonyl (C=O) groups excluding carboxylic acids is 1. The zero-order chi connectivity index (χ0) is 18.1. The molecule has 1 amide bonds. The van der Waals surface area contributed by atoms with Crippen molar-refractivity contribution in [2.45, 2.75) is 50.1 Å². The van der Waals surface area contributed by atoms with Crippen molar-refractivity contribution in [2.75, 3.05) is 39.0 Å². The summed E-state index contributed by atoms with van der Waals surface area (Å²) in [6, 6.07) is 0.443. The minimum absolute atomic E-state index is 0.193. The number of amides is 1. The molecule has 2 bridgehead atoms. The van der Waals surface area contributed by atoms with Crippen molar-refractivity contribution >= 4 is 15.9 Å². The molecule has 1 radical (unpaired) electrons. The van der Waals surface area contributed by atoms with Crippen LogP contribution in [-0.4, -0.2) is 74.1 Å². The summed E-state index contributed by atoms with van der Waals surface area (Å²) in [7, 11) is -3.09. The molecule has 3 aliphatic heterocycles. The van der Waals surface area contributed by atoms with E-state index in [1.54, 1.807) is 4.31 Å². The predicted molar refractivity (Wildman–Crippen MR) is 97.2 cm³/mol. The zero-order valence-corrected chi connectivity index (χ0v) is 15.9. The molecule has 3 atom stereocenters. The minimum Gasteiger partial charge on any atom is -0.368 e. The summed E-state index contributed by atoms with van der Waals surface area (Å²) in [5.41, 5.74) is 5.25. The summed E-state index contributed by atoms with van der Waals surface area (Å²) in [5, 5.41) is 3.47. The van der Waals surface area contributed by atoms with E-state index in [9.17, 15) is 13.2 Å². The van der Waals surface area contributed by atoms with E-state index in [0.717, 1.165) is 58.2 Å². The van der Waals surface area contributed by atoms with Gasteiger partial charge in [0.15, 0.2) is 0 Å². The van der Waals surface area contributed by atoms with Gasteiger partial charge in [-0.2, -0.15) is 0 Å². The molecule has 3 aliphatic rings. The van der Waals surface area contributed by atoms with Gasteiger partial charge in [0.2, 0.25) is 15.9 Å². The normalized spacial score (nSPS) is 34.3. The third kappa shape index (κ3) is 4.02. The van der Waals surface area contributed by atoms with Gasteiger partial charge in [-0.1, -0.05) is 0 Å². The Bertz CT molecular complexity index is 593. The fourth-order valence-corrected chi connectivity index (χ4v) is 5.74. The monoisotopic (exact) mass is 371 g/mol. The van der Waals surface area contributed by atoms with E-state index in [-0.39, 0.29) is 5.91 Å². The Morgan fingerprint density at radius 2 is 2.20 bits per heavy atom. The molecule has 0 saturated carbocycles. The van der Waals surface area contributed by atoms with E-state index in [1.807, 2.05) is 0 Å². The Hall–Kier alpha value is -0.700. The van der Waals surface area contributed by atoms with Crippen LogP contribution in [0.1, 0.15) is 38.5 Å². The van der Waals surface area contributed by atoms with Crippen LogP contribution in [0.3, 0.4) is 0 Å². The smallest absolute Gasteiger partial charge is 0.237 e. The van der Waals surface area contributed by atoms with Crippen LogP contribution in [0.25, 0.3) is 0 Å². The summed E-state index contributed by atoms with van der Waals surface area (Å²) in [6.45, 7) is 3.70. The molecule has 25 heavy (non-hydrogen) atoms. The van der Waals surface area contributed by atoms with Gasteiger partial charge in [0.1, 0.15) is 5.54 Å². The molecule has 3 rings (SSSR count). The molecular formula is C17H31N4O3S. The van der Waals surface area contributed by atoms with Crippen LogP contribution < -0.4 is 11.1 Å². The lowest BCUT2D eigenvalue weighted by Gasteiger charge is -2.42. The Morgan fingerprint density at radius 3 is 2.92 bits per heavy atom. The molecule has 143 valence electrons. The van der Waals surface area contributed by atoms with Gasteiger partial charge in [-0.3, -0.25) is 9.69 Å². The molecule has 0 aliphatic carbocycles. The summed E-state index contributed by atoms with van der Waals surface area (Å²) in [6.07, 6.45) is 9.22. The quantitative estimate of drug-likeness (QED) is 0.611. The second kappa shape index (κ2) is 7.50. The first-order chi connectivity index (χ1) is 11.8. The van der Waals surface area contributed by atoms with Crippen LogP contribution in [0.5, 0.6) is 0 Å². The molecule has 3 heterocycles. The SMILES string of the molecule is CS(=O)(=O)N1CCCC(CNCCN2[C@@H]3C[CH]C[C@@]2(C(N)=O)CC3)C1. The highest BCUT2D eigenvalue weighted by atomic mass is 32.2. The van der Waals surface area contributed by atoms with Crippen molar-refractivity contribution in [3.8, 4) is 0 Å². The highest BCUT2D eigenvalue weighted by Crippen LogP contribution is 2.43. The number of carbonyl (C=O) groups is 1. The molecule has 8 heteroatoms. The number of nitrogens with two attached hydrogens (primary N) is 1. The number of primary amides is 1. The lowest BCUT2D eigenvalue weighted by molar-refractivity contribution is -0.130. The van der Waals surface area contributed by atoms with Gasteiger partial charge in [-0.15, -0.1) is 0 Å². The fraction of sp³-hybridized carbons (Fsp3) is 0.882. The maximum Gasteiger partial charge on any atom is 0.237 e. The van der Waals surface area contributed by atoms with Crippen molar-refractivity contribution in [3.63, 3.8) is 0 Å². The van der Waals surface area contributed by atoms with Crippen molar-refractivity contribution in [1.29, 1.82) is 0 Å². The number of piperidine rings is 2. The van der Waals surface area contributed by atoms with Crippen molar-refractivity contribution < 1.29 is 13.2 Å². The van der Waals surface area contributed by atoms with Gasteiger partial charge in [0.05, 0.1) is 6.26 Å². The van der Waals surface area contributed by atoms with E-state index in [0.29, 0.717) is 25.0 Å². The van der Waals surface area contributed by atoms with Crippen LogP contribution in [-0.2, 0) is 14.8 Å². The van der Waals surface area contributed by atoms with Crippen LogP contribution in [0.15, 0.2) is 0 Å². The van der Waals surface area contributed by atoms with E-state index in [4.69, 9.17) is 5.73 Å². The minimum atomic E-state index is -3.09. The highest BCUT2D eigenvalue weighted by molar-refractivity contribution is 7.88. The first-order valence-corrected chi connectivity index (χ1v) is 11.2.